The average molecular weight is 335 g/mol. The Balaban J connectivity index is 3.20. The quantitative estimate of drug-likeness (QED) is 0.403. The van der Waals surface area contributed by atoms with Gasteiger partial charge in [-0.3, -0.25) is 0 Å². The van der Waals surface area contributed by atoms with Crippen LogP contribution >= 0.6 is 0 Å². The zero-order valence-electron chi connectivity index (χ0n) is 17.0. The highest BCUT2D eigenvalue weighted by molar-refractivity contribution is 5.22. The molecule has 0 amide bonds. The molecule has 1 N–H and O–H groups in total. The van der Waals surface area contributed by atoms with Crippen molar-refractivity contribution in [3.05, 3.63) is 36.0 Å². The lowest BCUT2D eigenvalue weighted by Crippen LogP contribution is -2.50. The second kappa shape index (κ2) is 7.58. The van der Waals surface area contributed by atoms with Gasteiger partial charge in [0, 0.05) is 10.8 Å². The number of hydrogen-bond acceptors (Lipinski definition) is 2. The van der Waals surface area contributed by atoms with E-state index < -0.39 is 17.3 Å². The van der Waals surface area contributed by atoms with E-state index >= 15 is 0 Å². The number of hydrogen-bond donors (Lipinski definition) is 1. The minimum atomic E-state index is -0.875. The highest BCUT2D eigenvalue weighted by Gasteiger charge is 2.49. The van der Waals surface area contributed by atoms with Crippen molar-refractivity contribution in [2.75, 3.05) is 0 Å². The van der Waals surface area contributed by atoms with E-state index in [4.69, 9.17) is 4.74 Å². The SMILES string of the molecule is C=C(C)CC(C)(OC(O)C(C)(CC)C(=C)C)C1(C)C=C(CC)CC1. The summed E-state index contributed by atoms with van der Waals surface area (Å²) in [7, 11) is 0. The van der Waals surface area contributed by atoms with Crippen LogP contribution in [0.25, 0.3) is 0 Å². The van der Waals surface area contributed by atoms with Crippen molar-refractivity contribution < 1.29 is 9.84 Å². The zero-order chi connectivity index (χ0) is 18.8. The van der Waals surface area contributed by atoms with Crippen LogP contribution in [0.2, 0.25) is 0 Å². The molecule has 1 aliphatic rings. The molecular weight excluding hydrogens is 296 g/mol. The summed E-state index contributed by atoms with van der Waals surface area (Å²) in [5, 5.41) is 11.0. The summed E-state index contributed by atoms with van der Waals surface area (Å²) in [6, 6.07) is 0. The molecule has 0 fully saturated rings. The molecule has 0 spiro atoms. The maximum atomic E-state index is 11.0. The maximum Gasteiger partial charge on any atom is 0.164 e. The molecule has 1 rings (SSSR count). The van der Waals surface area contributed by atoms with Crippen molar-refractivity contribution in [3.8, 4) is 0 Å². The normalized spacial score (nSPS) is 27.1. The lowest BCUT2D eigenvalue weighted by atomic mass is 9.70. The van der Waals surface area contributed by atoms with Crippen LogP contribution < -0.4 is 0 Å². The molecule has 4 unspecified atom stereocenters. The van der Waals surface area contributed by atoms with Gasteiger partial charge in [0.05, 0.1) is 5.60 Å². The summed E-state index contributed by atoms with van der Waals surface area (Å²) in [6.45, 7) is 22.9. The summed E-state index contributed by atoms with van der Waals surface area (Å²) in [4.78, 5) is 0. The summed E-state index contributed by atoms with van der Waals surface area (Å²) in [5.41, 5.74) is 2.50. The Kier molecular flexibility index (Phi) is 6.69. The second-order valence-corrected chi connectivity index (χ2v) is 8.46. The van der Waals surface area contributed by atoms with Gasteiger partial charge >= 0.3 is 0 Å². The third kappa shape index (κ3) is 4.03. The van der Waals surface area contributed by atoms with Crippen LogP contribution in [-0.4, -0.2) is 17.0 Å². The fourth-order valence-electron chi connectivity index (χ4n) is 3.73. The van der Waals surface area contributed by atoms with Crippen molar-refractivity contribution in [2.24, 2.45) is 10.8 Å². The molecule has 0 saturated heterocycles. The molecule has 24 heavy (non-hydrogen) atoms. The van der Waals surface area contributed by atoms with E-state index in [2.05, 4.69) is 46.9 Å². The van der Waals surface area contributed by atoms with Gasteiger partial charge in [-0.05, 0) is 52.9 Å². The predicted molar refractivity (Wildman–Crippen MR) is 104 cm³/mol. The van der Waals surface area contributed by atoms with E-state index in [0.29, 0.717) is 0 Å². The third-order valence-electron chi connectivity index (χ3n) is 6.42. The van der Waals surface area contributed by atoms with E-state index in [0.717, 1.165) is 43.3 Å². The predicted octanol–water partition coefficient (Wildman–Crippen LogP) is 6.18. The van der Waals surface area contributed by atoms with E-state index in [9.17, 15) is 5.11 Å². The Hall–Kier alpha value is -0.860. The standard InChI is InChI=1S/C22H38O2/c1-10-18-12-13-20(7,15-18)22(9,14-16(3)4)24-19(23)21(8,11-2)17(5)6/h15,19,23H,3,5,10-14H2,1-2,4,6-9H3. The Morgan fingerprint density at radius 1 is 1.33 bits per heavy atom. The Labute approximate surface area is 149 Å². The molecule has 2 nitrogen and oxygen atoms in total. The molecule has 0 heterocycles. The number of aliphatic hydroxyl groups is 1. The largest absolute Gasteiger partial charge is 0.367 e. The van der Waals surface area contributed by atoms with Gasteiger partial charge in [0.1, 0.15) is 0 Å². The van der Waals surface area contributed by atoms with Crippen molar-refractivity contribution in [1.82, 2.24) is 0 Å². The van der Waals surface area contributed by atoms with Crippen LogP contribution in [0.1, 0.15) is 80.6 Å². The van der Waals surface area contributed by atoms with Crippen LogP contribution in [0.15, 0.2) is 36.0 Å². The monoisotopic (exact) mass is 334 g/mol. The molecule has 0 radical (unpaired) electrons. The van der Waals surface area contributed by atoms with Crippen molar-refractivity contribution in [1.29, 1.82) is 0 Å². The molecule has 0 aromatic rings. The van der Waals surface area contributed by atoms with Gasteiger partial charge in [-0.15, -0.1) is 6.58 Å². The van der Waals surface area contributed by atoms with Gasteiger partial charge in [0.25, 0.3) is 0 Å². The number of ether oxygens (including phenoxy) is 1. The molecule has 138 valence electrons. The summed E-state index contributed by atoms with van der Waals surface area (Å²) >= 11 is 0. The van der Waals surface area contributed by atoms with E-state index in [-0.39, 0.29) is 5.41 Å². The van der Waals surface area contributed by atoms with Gasteiger partial charge in [-0.1, -0.05) is 57.1 Å². The first kappa shape index (κ1) is 21.2. The van der Waals surface area contributed by atoms with Crippen molar-refractivity contribution >= 4 is 0 Å². The molecule has 0 saturated carbocycles. The van der Waals surface area contributed by atoms with Crippen LogP contribution in [0.4, 0.5) is 0 Å². The molecular formula is C22H38O2. The first-order chi connectivity index (χ1) is 10.9. The zero-order valence-corrected chi connectivity index (χ0v) is 17.0. The molecule has 0 aliphatic heterocycles. The van der Waals surface area contributed by atoms with Crippen molar-refractivity contribution in [3.63, 3.8) is 0 Å². The fraction of sp³-hybridized carbons (Fsp3) is 0.727. The number of rotatable bonds is 9. The maximum absolute atomic E-state index is 11.0. The number of allylic oxidation sites excluding steroid dienone is 1. The van der Waals surface area contributed by atoms with Crippen LogP contribution in [0, 0.1) is 10.8 Å². The van der Waals surface area contributed by atoms with Gasteiger partial charge in [-0.25, -0.2) is 0 Å². The van der Waals surface area contributed by atoms with Gasteiger partial charge < -0.3 is 9.84 Å². The molecule has 1 aliphatic carbocycles. The summed E-state index contributed by atoms with van der Waals surface area (Å²) in [5.74, 6) is 0. The first-order valence-electron chi connectivity index (χ1n) is 9.31. The minimum absolute atomic E-state index is 0.0952. The highest BCUT2D eigenvalue weighted by atomic mass is 16.6. The van der Waals surface area contributed by atoms with Gasteiger partial charge in [0.15, 0.2) is 6.29 Å². The van der Waals surface area contributed by atoms with Crippen molar-refractivity contribution in [2.45, 2.75) is 92.5 Å². The Morgan fingerprint density at radius 3 is 2.29 bits per heavy atom. The van der Waals surface area contributed by atoms with E-state index in [1.54, 1.807) is 0 Å². The molecule has 0 aromatic heterocycles. The van der Waals surface area contributed by atoms with Crippen LogP contribution in [0.5, 0.6) is 0 Å². The second-order valence-electron chi connectivity index (χ2n) is 8.46. The number of aliphatic hydroxyl groups excluding tert-OH is 1. The van der Waals surface area contributed by atoms with Crippen LogP contribution in [-0.2, 0) is 4.74 Å². The van der Waals surface area contributed by atoms with Gasteiger partial charge in [-0.2, -0.15) is 0 Å². The Bertz CT molecular complexity index is 518. The average Bonchev–Trinajstić information content (AvgIpc) is 2.88. The van der Waals surface area contributed by atoms with E-state index in [1.807, 2.05) is 20.8 Å². The highest BCUT2D eigenvalue weighted by Crippen LogP contribution is 2.51. The Morgan fingerprint density at radius 2 is 1.92 bits per heavy atom. The minimum Gasteiger partial charge on any atom is -0.367 e. The topological polar surface area (TPSA) is 29.5 Å². The lowest BCUT2D eigenvalue weighted by molar-refractivity contribution is -0.247. The molecule has 0 aromatic carbocycles. The summed E-state index contributed by atoms with van der Waals surface area (Å²) < 4.78 is 6.44. The molecule has 0 bridgehead atoms. The summed E-state index contributed by atoms with van der Waals surface area (Å²) in [6.07, 6.45) is 6.29. The third-order valence-corrected chi connectivity index (χ3v) is 6.42. The molecule has 4 atom stereocenters. The van der Waals surface area contributed by atoms with E-state index in [1.165, 1.54) is 5.57 Å². The molecule has 2 heteroatoms. The first-order valence-corrected chi connectivity index (χ1v) is 9.31. The van der Waals surface area contributed by atoms with Crippen LogP contribution in [0.3, 0.4) is 0 Å². The van der Waals surface area contributed by atoms with Gasteiger partial charge in [0.2, 0.25) is 0 Å². The lowest BCUT2D eigenvalue weighted by Gasteiger charge is -2.48. The fourth-order valence-corrected chi connectivity index (χ4v) is 3.73. The smallest absolute Gasteiger partial charge is 0.164 e.